The van der Waals surface area contributed by atoms with E-state index in [9.17, 15) is 13.9 Å². The van der Waals surface area contributed by atoms with Crippen LogP contribution in [-0.4, -0.2) is 18.4 Å². The molecule has 1 atom stereocenters. The molecule has 0 saturated heterocycles. The predicted octanol–water partition coefficient (Wildman–Crippen LogP) is 5.24. The summed E-state index contributed by atoms with van der Waals surface area (Å²) < 4.78 is 46.5. The van der Waals surface area contributed by atoms with E-state index in [0.29, 0.717) is 22.6 Å². The van der Waals surface area contributed by atoms with Gasteiger partial charge in [0.25, 0.3) is 5.92 Å². The van der Waals surface area contributed by atoms with Crippen molar-refractivity contribution in [1.29, 1.82) is 0 Å². The Bertz CT molecular complexity index is 1230. The zero-order chi connectivity index (χ0) is 23.7. The minimum atomic E-state index is -3.06. The summed E-state index contributed by atoms with van der Waals surface area (Å²) in [7, 11) is 0. The molecule has 7 heteroatoms. The van der Waals surface area contributed by atoms with E-state index in [1.807, 2.05) is 61.5 Å². The molecule has 0 radical (unpaired) electrons. The molecule has 2 aliphatic rings. The monoisotopic (exact) mass is 465 g/mol. The van der Waals surface area contributed by atoms with Crippen molar-refractivity contribution < 1.29 is 28.1 Å². The van der Waals surface area contributed by atoms with Crippen LogP contribution in [0.5, 0.6) is 17.2 Å². The third-order valence-corrected chi connectivity index (χ3v) is 6.14. The van der Waals surface area contributed by atoms with Gasteiger partial charge in [-0.25, -0.2) is 0 Å². The van der Waals surface area contributed by atoms with Crippen LogP contribution < -0.4 is 19.5 Å². The van der Waals surface area contributed by atoms with Gasteiger partial charge in [-0.3, -0.25) is 0 Å². The second kappa shape index (κ2) is 9.08. The standard InChI is InChI=1S/C27H25F2NO4/c1-17-9-25-26(34-16-33-25)11-19(17)7-8-23-21-10-20(13-31)24(12-22(21)27(28,29)15-30-23)32-14-18-5-3-2-4-6-18/h2-12,23,30-31H,13-16H2,1H3/b8-7+. The van der Waals surface area contributed by atoms with Crippen molar-refractivity contribution in [3.63, 3.8) is 0 Å². The Morgan fingerprint density at radius 2 is 1.88 bits per heavy atom. The van der Waals surface area contributed by atoms with E-state index in [1.54, 1.807) is 6.07 Å². The van der Waals surface area contributed by atoms with Gasteiger partial charge in [-0.2, -0.15) is 8.78 Å². The number of benzene rings is 3. The molecule has 5 rings (SSSR count). The third kappa shape index (κ3) is 4.36. The number of rotatable bonds is 6. The highest BCUT2D eigenvalue weighted by Gasteiger charge is 2.40. The minimum Gasteiger partial charge on any atom is -0.489 e. The van der Waals surface area contributed by atoms with Crippen molar-refractivity contribution in [2.45, 2.75) is 32.1 Å². The molecule has 5 nitrogen and oxygen atoms in total. The summed E-state index contributed by atoms with van der Waals surface area (Å²) >= 11 is 0. The first-order valence-corrected chi connectivity index (χ1v) is 11.1. The molecule has 0 amide bonds. The van der Waals surface area contributed by atoms with Gasteiger partial charge in [0.2, 0.25) is 6.79 Å². The van der Waals surface area contributed by atoms with Crippen LogP contribution in [0.4, 0.5) is 8.78 Å². The van der Waals surface area contributed by atoms with Gasteiger partial charge in [-0.1, -0.05) is 42.5 Å². The lowest BCUT2D eigenvalue weighted by Gasteiger charge is -2.32. The molecule has 0 aromatic heterocycles. The molecule has 1 unspecified atom stereocenters. The number of halogens is 2. The summed E-state index contributed by atoms with van der Waals surface area (Å²) in [6.07, 6.45) is 3.74. The molecule has 3 aromatic rings. The summed E-state index contributed by atoms with van der Waals surface area (Å²) in [4.78, 5) is 0. The molecule has 0 saturated carbocycles. The highest BCUT2D eigenvalue weighted by Crippen LogP contribution is 2.42. The molecule has 3 aromatic carbocycles. The summed E-state index contributed by atoms with van der Waals surface area (Å²) in [6, 6.07) is 15.8. The molecular formula is C27H25F2NO4. The Labute approximate surface area is 196 Å². The largest absolute Gasteiger partial charge is 0.489 e. The lowest BCUT2D eigenvalue weighted by molar-refractivity contribution is -0.0133. The van der Waals surface area contributed by atoms with E-state index in [4.69, 9.17) is 14.2 Å². The molecule has 176 valence electrons. The van der Waals surface area contributed by atoms with Crippen LogP contribution in [0.3, 0.4) is 0 Å². The quantitative estimate of drug-likeness (QED) is 0.521. The molecule has 0 fully saturated rings. The first-order chi connectivity index (χ1) is 16.4. The van der Waals surface area contributed by atoms with Crippen molar-refractivity contribution in [2.24, 2.45) is 0 Å². The van der Waals surface area contributed by atoms with Gasteiger partial charge in [-0.05, 0) is 53.4 Å². The number of hydrogen-bond donors (Lipinski definition) is 2. The molecule has 2 N–H and O–H groups in total. The number of aryl methyl sites for hydroxylation is 1. The fourth-order valence-corrected chi connectivity index (χ4v) is 4.26. The van der Waals surface area contributed by atoms with Gasteiger partial charge in [0, 0.05) is 11.1 Å². The summed E-state index contributed by atoms with van der Waals surface area (Å²) in [5.41, 5.74) is 3.60. The van der Waals surface area contributed by atoms with Crippen molar-refractivity contribution in [3.8, 4) is 17.2 Å². The van der Waals surface area contributed by atoms with Crippen molar-refractivity contribution in [2.75, 3.05) is 13.3 Å². The molecular weight excluding hydrogens is 440 g/mol. The Balaban J connectivity index is 1.45. The molecule has 0 spiro atoms. The number of nitrogens with one attached hydrogen (secondary N) is 1. The Morgan fingerprint density at radius 1 is 1.12 bits per heavy atom. The third-order valence-electron chi connectivity index (χ3n) is 6.14. The van der Waals surface area contributed by atoms with E-state index >= 15 is 0 Å². The zero-order valence-corrected chi connectivity index (χ0v) is 18.7. The normalized spacial score (nSPS) is 18.2. The average molecular weight is 465 g/mol. The van der Waals surface area contributed by atoms with Crippen LogP contribution in [0.25, 0.3) is 6.08 Å². The maximum atomic E-state index is 14.9. The number of aliphatic hydroxyl groups is 1. The fraction of sp³-hybridized carbons (Fsp3) is 0.259. The molecule has 0 aliphatic carbocycles. The molecule has 34 heavy (non-hydrogen) atoms. The van der Waals surface area contributed by atoms with Crippen molar-refractivity contribution in [1.82, 2.24) is 5.32 Å². The lowest BCUT2D eigenvalue weighted by Crippen LogP contribution is -2.39. The van der Waals surface area contributed by atoms with E-state index in [-0.39, 0.29) is 31.3 Å². The molecule has 0 bridgehead atoms. The predicted molar refractivity (Wildman–Crippen MR) is 124 cm³/mol. The van der Waals surface area contributed by atoms with E-state index in [2.05, 4.69) is 5.32 Å². The molecule has 2 heterocycles. The number of alkyl halides is 2. The Hall–Kier alpha value is -3.42. The van der Waals surface area contributed by atoms with Crippen molar-refractivity contribution in [3.05, 3.63) is 94.1 Å². The minimum absolute atomic E-state index is 0.0939. The maximum absolute atomic E-state index is 14.9. The summed E-state index contributed by atoms with van der Waals surface area (Å²) in [6.45, 7) is 1.56. The van der Waals surface area contributed by atoms with Gasteiger partial charge >= 0.3 is 0 Å². The van der Waals surface area contributed by atoms with E-state index < -0.39 is 18.5 Å². The Kier molecular flexibility index (Phi) is 5.98. The van der Waals surface area contributed by atoms with Crippen molar-refractivity contribution >= 4 is 6.08 Å². The number of ether oxygens (including phenoxy) is 3. The number of fused-ring (bicyclic) bond motifs is 2. The second-order valence-corrected chi connectivity index (χ2v) is 8.46. The van der Waals surface area contributed by atoms with Crippen LogP contribution in [0.2, 0.25) is 0 Å². The smallest absolute Gasteiger partial charge is 0.285 e. The van der Waals surface area contributed by atoms with Gasteiger partial charge in [-0.15, -0.1) is 0 Å². The van der Waals surface area contributed by atoms with E-state index in [0.717, 1.165) is 16.7 Å². The number of hydrogen-bond acceptors (Lipinski definition) is 5. The van der Waals surface area contributed by atoms with Crippen LogP contribution in [0.15, 0.2) is 60.7 Å². The Morgan fingerprint density at radius 3 is 2.65 bits per heavy atom. The maximum Gasteiger partial charge on any atom is 0.285 e. The SMILES string of the molecule is Cc1cc2c(cc1/C=C/C1NCC(F)(F)c3cc(OCc4ccccc4)c(CO)cc31)OCO2. The first kappa shape index (κ1) is 22.4. The second-order valence-electron chi connectivity index (χ2n) is 8.46. The van der Waals surface area contributed by atoms with Gasteiger partial charge in [0.15, 0.2) is 11.5 Å². The van der Waals surface area contributed by atoms with Gasteiger partial charge in [0.1, 0.15) is 12.4 Å². The lowest BCUT2D eigenvalue weighted by atomic mass is 9.89. The van der Waals surface area contributed by atoms with Crippen LogP contribution in [-0.2, 0) is 19.1 Å². The van der Waals surface area contributed by atoms with Crippen LogP contribution in [0.1, 0.15) is 39.4 Å². The van der Waals surface area contributed by atoms with Crippen LogP contribution >= 0.6 is 0 Å². The number of aliphatic hydroxyl groups excluding tert-OH is 1. The molecule has 2 aliphatic heterocycles. The average Bonchev–Trinajstić information content (AvgIpc) is 3.29. The van der Waals surface area contributed by atoms with Gasteiger partial charge < -0.3 is 24.6 Å². The van der Waals surface area contributed by atoms with E-state index in [1.165, 1.54) is 6.07 Å². The highest BCUT2D eigenvalue weighted by molar-refractivity contribution is 5.62. The first-order valence-electron chi connectivity index (χ1n) is 11.1. The summed E-state index contributed by atoms with van der Waals surface area (Å²) in [5, 5.41) is 12.9. The highest BCUT2D eigenvalue weighted by atomic mass is 19.3. The zero-order valence-electron chi connectivity index (χ0n) is 18.7. The van der Waals surface area contributed by atoms with Crippen LogP contribution in [0, 0.1) is 6.92 Å². The fourth-order valence-electron chi connectivity index (χ4n) is 4.26. The summed E-state index contributed by atoms with van der Waals surface area (Å²) in [5.74, 6) is -1.43. The van der Waals surface area contributed by atoms with Gasteiger partial charge in [0.05, 0.1) is 19.2 Å². The topological polar surface area (TPSA) is 60.0 Å².